The Bertz CT molecular complexity index is 1260. The fourth-order valence-corrected chi connectivity index (χ4v) is 4.79. The number of hydrogen-bond acceptors (Lipinski definition) is 3. The van der Waals surface area contributed by atoms with E-state index in [9.17, 15) is 13.2 Å². The zero-order chi connectivity index (χ0) is 22.8. The van der Waals surface area contributed by atoms with Crippen molar-refractivity contribution in [2.45, 2.75) is 32.2 Å². The first-order chi connectivity index (χ1) is 14.6. The van der Waals surface area contributed by atoms with Crippen molar-refractivity contribution in [3.63, 3.8) is 0 Å². The van der Waals surface area contributed by atoms with Crippen molar-refractivity contribution in [2.75, 3.05) is 4.72 Å². The van der Waals surface area contributed by atoms with Crippen LogP contribution < -0.4 is 10.0 Å². The lowest BCUT2D eigenvalue weighted by Crippen LogP contribution is -2.24. The summed E-state index contributed by atoms with van der Waals surface area (Å²) in [5.41, 5.74) is 3.99. The van der Waals surface area contributed by atoms with Gasteiger partial charge in [-0.05, 0) is 79.4 Å². The number of carbonyl (C=O) groups is 1. The van der Waals surface area contributed by atoms with Crippen LogP contribution >= 0.6 is 23.2 Å². The molecule has 5 nitrogen and oxygen atoms in total. The summed E-state index contributed by atoms with van der Waals surface area (Å²) in [5.74, 6) is -0.409. The zero-order valence-electron chi connectivity index (χ0n) is 17.3. The molecule has 0 aliphatic carbocycles. The molecule has 3 aromatic rings. The van der Waals surface area contributed by atoms with E-state index in [0.29, 0.717) is 26.9 Å². The van der Waals surface area contributed by atoms with Crippen molar-refractivity contribution < 1.29 is 13.2 Å². The van der Waals surface area contributed by atoms with Gasteiger partial charge >= 0.3 is 0 Å². The van der Waals surface area contributed by atoms with Gasteiger partial charge in [-0.1, -0.05) is 41.4 Å². The van der Waals surface area contributed by atoms with Gasteiger partial charge in [0.2, 0.25) is 0 Å². The topological polar surface area (TPSA) is 75.3 Å². The maximum Gasteiger partial charge on any atom is 0.262 e. The van der Waals surface area contributed by atoms with Crippen molar-refractivity contribution in [1.29, 1.82) is 0 Å². The standard InChI is InChI=1S/C23H22Cl2N2O3S/c1-14-5-9-20(10-16(14)3)27-31(29,30)22-11-17(6-4-15(22)2)23(28)26-13-18-7-8-19(24)12-21(18)25/h4-12,27H,13H2,1-3H3,(H,26,28). The second-order valence-corrected chi connectivity index (χ2v) is 9.80. The predicted molar refractivity (Wildman–Crippen MR) is 126 cm³/mol. The van der Waals surface area contributed by atoms with E-state index in [4.69, 9.17) is 23.2 Å². The zero-order valence-corrected chi connectivity index (χ0v) is 19.6. The molecule has 0 spiro atoms. The summed E-state index contributed by atoms with van der Waals surface area (Å²) in [6.45, 7) is 5.74. The Morgan fingerprint density at radius 2 is 1.58 bits per heavy atom. The molecule has 0 saturated carbocycles. The molecule has 3 rings (SSSR count). The van der Waals surface area contributed by atoms with Gasteiger partial charge in [-0.25, -0.2) is 8.42 Å². The third-order valence-corrected chi connectivity index (χ3v) is 7.06. The third kappa shape index (κ3) is 5.58. The normalized spacial score (nSPS) is 11.3. The Labute approximate surface area is 192 Å². The smallest absolute Gasteiger partial charge is 0.262 e. The van der Waals surface area contributed by atoms with Crippen molar-refractivity contribution in [2.24, 2.45) is 0 Å². The third-order valence-electron chi connectivity index (χ3n) is 4.95. The molecule has 0 aromatic heterocycles. The first-order valence-corrected chi connectivity index (χ1v) is 11.7. The fraction of sp³-hybridized carbons (Fsp3) is 0.174. The van der Waals surface area contributed by atoms with Gasteiger partial charge in [0.25, 0.3) is 15.9 Å². The summed E-state index contributed by atoms with van der Waals surface area (Å²) in [5, 5.41) is 3.70. The van der Waals surface area contributed by atoms with E-state index in [0.717, 1.165) is 11.1 Å². The quantitative estimate of drug-likeness (QED) is 0.482. The lowest BCUT2D eigenvalue weighted by molar-refractivity contribution is 0.0950. The number of amides is 1. The summed E-state index contributed by atoms with van der Waals surface area (Å²) in [6.07, 6.45) is 0. The SMILES string of the molecule is Cc1ccc(NS(=O)(=O)c2cc(C(=O)NCc3ccc(Cl)cc3Cl)ccc2C)cc1C. The first-order valence-electron chi connectivity index (χ1n) is 9.49. The highest BCUT2D eigenvalue weighted by Gasteiger charge is 2.20. The Kier molecular flexibility index (Phi) is 6.94. The molecule has 0 aliphatic heterocycles. The predicted octanol–water partition coefficient (Wildman–Crippen LogP) is 5.65. The summed E-state index contributed by atoms with van der Waals surface area (Å²) in [4.78, 5) is 12.7. The second kappa shape index (κ2) is 9.30. The van der Waals surface area contributed by atoms with E-state index < -0.39 is 15.9 Å². The van der Waals surface area contributed by atoms with Crippen molar-refractivity contribution in [1.82, 2.24) is 5.32 Å². The van der Waals surface area contributed by atoms with Crippen LogP contribution in [0, 0.1) is 20.8 Å². The van der Waals surface area contributed by atoms with Crippen LogP contribution in [0.2, 0.25) is 10.0 Å². The number of sulfonamides is 1. The van der Waals surface area contributed by atoms with E-state index in [1.165, 1.54) is 6.07 Å². The summed E-state index contributed by atoms with van der Waals surface area (Å²) in [6, 6.07) is 14.9. The molecular weight excluding hydrogens is 455 g/mol. The largest absolute Gasteiger partial charge is 0.348 e. The molecule has 0 saturated heterocycles. The number of anilines is 1. The van der Waals surface area contributed by atoms with E-state index in [2.05, 4.69) is 10.0 Å². The molecule has 1 amide bonds. The Morgan fingerprint density at radius 3 is 2.26 bits per heavy atom. The van der Waals surface area contributed by atoms with E-state index in [1.54, 1.807) is 49.4 Å². The molecule has 31 heavy (non-hydrogen) atoms. The van der Waals surface area contributed by atoms with Crippen LogP contribution in [0.1, 0.15) is 32.6 Å². The molecule has 0 atom stereocenters. The molecule has 2 N–H and O–H groups in total. The number of benzene rings is 3. The number of nitrogens with one attached hydrogen (secondary N) is 2. The molecule has 0 radical (unpaired) electrons. The van der Waals surface area contributed by atoms with E-state index in [1.807, 2.05) is 19.9 Å². The number of aryl methyl sites for hydroxylation is 3. The molecular formula is C23H22Cl2N2O3S. The number of rotatable bonds is 6. The molecule has 3 aromatic carbocycles. The highest BCUT2D eigenvalue weighted by atomic mass is 35.5. The molecule has 0 aliphatic rings. The highest BCUT2D eigenvalue weighted by molar-refractivity contribution is 7.92. The number of hydrogen-bond donors (Lipinski definition) is 2. The average molecular weight is 477 g/mol. The second-order valence-electron chi connectivity index (χ2n) is 7.30. The summed E-state index contributed by atoms with van der Waals surface area (Å²) >= 11 is 12.0. The van der Waals surface area contributed by atoms with Gasteiger partial charge in [0.15, 0.2) is 0 Å². The monoisotopic (exact) mass is 476 g/mol. The van der Waals surface area contributed by atoms with Gasteiger partial charge in [-0.2, -0.15) is 0 Å². The Balaban J connectivity index is 1.81. The molecule has 0 bridgehead atoms. The van der Waals surface area contributed by atoms with Crippen LogP contribution in [0.3, 0.4) is 0 Å². The highest BCUT2D eigenvalue weighted by Crippen LogP contribution is 2.23. The van der Waals surface area contributed by atoms with Crippen molar-refractivity contribution in [3.05, 3.63) is 92.5 Å². The van der Waals surface area contributed by atoms with Crippen LogP contribution in [0.25, 0.3) is 0 Å². The lowest BCUT2D eigenvalue weighted by Gasteiger charge is -2.13. The van der Waals surface area contributed by atoms with Crippen molar-refractivity contribution in [3.8, 4) is 0 Å². The van der Waals surface area contributed by atoms with E-state index >= 15 is 0 Å². The maximum atomic E-state index is 13.0. The van der Waals surface area contributed by atoms with Crippen LogP contribution in [-0.4, -0.2) is 14.3 Å². The minimum atomic E-state index is -3.87. The molecule has 8 heteroatoms. The minimum Gasteiger partial charge on any atom is -0.348 e. The van der Waals surface area contributed by atoms with Crippen LogP contribution in [0.4, 0.5) is 5.69 Å². The maximum absolute atomic E-state index is 13.0. The fourth-order valence-electron chi connectivity index (χ4n) is 2.99. The van der Waals surface area contributed by atoms with E-state index in [-0.39, 0.29) is 17.0 Å². The van der Waals surface area contributed by atoms with Crippen LogP contribution in [0.5, 0.6) is 0 Å². The van der Waals surface area contributed by atoms with Crippen LogP contribution in [0.15, 0.2) is 59.5 Å². The molecule has 162 valence electrons. The van der Waals surface area contributed by atoms with Gasteiger partial charge in [-0.3, -0.25) is 9.52 Å². The van der Waals surface area contributed by atoms with Gasteiger partial charge < -0.3 is 5.32 Å². The number of halogens is 2. The van der Waals surface area contributed by atoms with Crippen LogP contribution in [-0.2, 0) is 16.6 Å². The summed E-state index contributed by atoms with van der Waals surface area (Å²) in [7, 11) is -3.87. The molecule has 0 heterocycles. The van der Waals surface area contributed by atoms with Gasteiger partial charge in [0.05, 0.1) is 4.90 Å². The molecule has 0 unspecified atom stereocenters. The van der Waals surface area contributed by atoms with Gasteiger partial charge in [0, 0.05) is 27.8 Å². The number of carbonyl (C=O) groups excluding carboxylic acids is 1. The summed E-state index contributed by atoms with van der Waals surface area (Å²) < 4.78 is 28.5. The average Bonchev–Trinajstić information content (AvgIpc) is 2.70. The lowest BCUT2D eigenvalue weighted by atomic mass is 10.1. The van der Waals surface area contributed by atoms with Crippen molar-refractivity contribution >= 4 is 44.8 Å². The van der Waals surface area contributed by atoms with Gasteiger partial charge in [0.1, 0.15) is 0 Å². The van der Waals surface area contributed by atoms with Gasteiger partial charge in [-0.15, -0.1) is 0 Å². The Morgan fingerprint density at radius 1 is 0.871 bits per heavy atom. The Hall–Kier alpha value is -2.54. The molecule has 0 fully saturated rings. The first kappa shape index (κ1) is 23.1. The minimum absolute atomic E-state index is 0.0444.